The van der Waals surface area contributed by atoms with Gasteiger partial charge in [0.1, 0.15) is 5.82 Å². The summed E-state index contributed by atoms with van der Waals surface area (Å²) in [5, 5.41) is 3.27. The smallest absolute Gasteiger partial charge is 0.255 e. The molecular formula is C22H27N5O2. The third-order valence-corrected chi connectivity index (χ3v) is 5.86. The minimum atomic E-state index is -0.0260. The summed E-state index contributed by atoms with van der Waals surface area (Å²) in [7, 11) is 1.87. The van der Waals surface area contributed by atoms with Crippen LogP contribution in [0.25, 0.3) is 0 Å². The second kappa shape index (κ2) is 8.19. The molecule has 0 bridgehead atoms. The Hall–Kier alpha value is -2.96. The van der Waals surface area contributed by atoms with Crippen molar-refractivity contribution < 1.29 is 9.59 Å². The van der Waals surface area contributed by atoms with E-state index >= 15 is 0 Å². The number of carbonyl (C=O) groups excluding carboxylic acids is 2. The van der Waals surface area contributed by atoms with Crippen LogP contribution in [-0.2, 0) is 11.3 Å². The number of carbonyl (C=O) groups is 2. The van der Waals surface area contributed by atoms with E-state index in [0.717, 1.165) is 36.3 Å². The van der Waals surface area contributed by atoms with Crippen molar-refractivity contribution in [2.75, 3.05) is 25.5 Å². The quantitative estimate of drug-likeness (QED) is 0.816. The van der Waals surface area contributed by atoms with Gasteiger partial charge in [0, 0.05) is 50.7 Å². The Labute approximate surface area is 171 Å². The normalized spacial score (nSPS) is 18.6. The number of anilines is 1. The number of amides is 2. The average molecular weight is 393 g/mol. The van der Waals surface area contributed by atoms with Crippen LogP contribution in [0.15, 0.2) is 36.7 Å². The third-order valence-electron chi connectivity index (χ3n) is 5.86. The molecule has 4 rings (SSSR count). The summed E-state index contributed by atoms with van der Waals surface area (Å²) in [5.41, 5.74) is 2.67. The lowest BCUT2D eigenvalue weighted by molar-refractivity contribution is -0.133. The molecule has 29 heavy (non-hydrogen) atoms. The summed E-state index contributed by atoms with van der Waals surface area (Å²) in [6, 6.07) is 7.69. The molecule has 2 aromatic rings. The molecule has 0 aromatic carbocycles. The monoisotopic (exact) mass is 393 g/mol. The Bertz CT molecular complexity index is 894. The fourth-order valence-corrected chi connectivity index (χ4v) is 3.74. The van der Waals surface area contributed by atoms with E-state index in [9.17, 15) is 9.59 Å². The fraction of sp³-hybridized carbons (Fsp3) is 0.455. The predicted octanol–water partition coefficient (Wildman–Crippen LogP) is 2.48. The fourth-order valence-electron chi connectivity index (χ4n) is 3.74. The molecule has 0 radical (unpaired) electrons. The maximum atomic E-state index is 12.8. The van der Waals surface area contributed by atoms with Crippen LogP contribution in [0.5, 0.6) is 0 Å². The van der Waals surface area contributed by atoms with Crippen LogP contribution in [0.4, 0.5) is 5.82 Å². The van der Waals surface area contributed by atoms with Gasteiger partial charge in [-0.05, 0) is 49.9 Å². The van der Waals surface area contributed by atoms with Gasteiger partial charge < -0.3 is 15.1 Å². The minimum Gasteiger partial charge on any atom is -0.366 e. The molecule has 152 valence electrons. The Kier molecular flexibility index (Phi) is 5.47. The van der Waals surface area contributed by atoms with Crippen molar-refractivity contribution in [3.63, 3.8) is 0 Å². The van der Waals surface area contributed by atoms with Gasteiger partial charge in [-0.15, -0.1) is 0 Å². The highest BCUT2D eigenvalue weighted by molar-refractivity contribution is 5.94. The second-order valence-corrected chi connectivity index (χ2v) is 7.95. The molecule has 2 fully saturated rings. The van der Waals surface area contributed by atoms with Crippen molar-refractivity contribution in [1.82, 2.24) is 19.8 Å². The highest BCUT2D eigenvalue weighted by Crippen LogP contribution is 2.32. The number of rotatable bonds is 6. The molecule has 1 atom stereocenters. The van der Waals surface area contributed by atoms with Crippen LogP contribution in [0.2, 0.25) is 0 Å². The van der Waals surface area contributed by atoms with Crippen molar-refractivity contribution >= 4 is 17.6 Å². The van der Waals surface area contributed by atoms with Gasteiger partial charge in [0.25, 0.3) is 5.91 Å². The first kappa shape index (κ1) is 19.4. The van der Waals surface area contributed by atoms with Crippen molar-refractivity contribution in [3.8, 4) is 0 Å². The standard InChI is InChI=1S/C22H27N5O2/c1-15-17(4-3-10-23-15)12-24-20-8-7-18(13-25-20)22(29)27-11-9-19(14-27)26(2)21(28)16-5-6-16/h3-4,7-8,10,13,16,19H,5-6,9,11-12,14H2,1-2H3,(H,24,25)/t19-/m0/s1. The van der Waals surface area contributed by atoms with E-state index in [2.05, 4.69) is 15.3 Å². The minimum absolute atomic E-state index is 0.0260. The van der Waals surface area contributed by atoms with Gasteiger partial charge in [-0.25, -0.2) is 4.98 Å². The first-order chi connectivity index (χ1) is 14.0. The molecule has 1 saturated carbocycles. The molecule has 0 unspecified atom stereocenters. The van der Waals surface area contributed by atoms with Crippen LogP contribution in [0, 0.1) is 12.8 Å². The summed E-state index contributed by atoms with van der Waals surface area (Å²) in [6.07, 6.45) is 6.24. The van der Waals surface area contributed by atoms with Gasteiger partial charge >= 0.3 is 0 Å². The molecule has 0 spiro atoms. The Morgan fingerprint density at radius 2 is 2.03 bits per heavy atom. The second-order valence-electron chi connectivity index (χ2n) is 7.95. The molecule has 2 aliphatic rings. The van der Waals surface area contributed by atoms with Gasteiger partial charge in [-0.2, -0.15) is 0 Å². The lowest BCUT2D eigenvalue weighted by Gasteiger charge is -2.25. The number of hydrogen-bond donors (Lipinski definition) is 1. The number of hydrogen-bond acceptors (Lipinski definition) is 5. The van der Waals surface area contributed by atoms with Gasteiger partial charge in [0.05, 0.1) is 11.6 Å². The molecule has 2 amide bonds. The maximum absolute atomic E-state index is 12.8. The van der Waals surface area contributed by atoms with E-state index in [1.165, 1.54) is 0 Å². The lowest BCUT2D eigenvalue weighted by Crippen LogP contribution is -2.40. The van der Waals surface area contributed by atoms with Crippen LogP contribution in [-0.4, -0.2) is 57.8 Å². The highest BCUT2D eigenvalue weighted by atomic mass is 16.2. The van der Waals surface area contributed by atoms with E-state index in [1.54, 1.807) is 18.5 Å². The number of nitrogens with zero attached hydrogens (tertiary/aromatic N) is 4. The Balaban J connectivity index is 1.32. The first-order valence-electron chi connectivity index (χ1n) is 10.2. The number of aryl methyl sites for hydroxylation is 1. The molecule has 1 saturated heterocycles. The average Bonchev–Trinajstić information content (AvgIpc) is 3.48. The van der Waals surface area contributed by atoms with Crippen LogP contribution in [0.3, 0.4) is 0 Å². The number of nitrogens with one attached hydrogen (secondary N) is 1. The largest absolute Gasteiger partial charge is 0.366 e. The van der Waals surface area contributed by atoms with Crippen molar-refractivity contribution in [3.05, 3.63) is 53.5 Å². The van der Waals surface area contributed by atoms with Gasteiger partial charge in [-0.1, -0.05) is 6.07 Å². The van der Waals surface area contributed by atoms with Gasteiger partial charge in [0.2, 0.25) is 5.91 Å². The lowest BCUT2D eigenvalue weighted by atomic mass is 10.2. The third kappa shape index (κ3) is 4.39. The Morgan fingerprint density at radius 3 is 2.72 bits per heavy atom. The topological polar surface area (TPSA) is 78.4 Å². The Morgan fingerprint density at radius 1 is 1.21 bits per heavy atom. The maximum Gasteiger partial charge on any atom is 0.255 e. The highest BCUT2D eigenvalue weighted by Gasteiger charge is 2.37. The van der Waals surface area contributed by atoms with Crippen LogP contribution in [0.1, 0.15) is 40.9 Å². The van der Waals surface area contributed by atoms with Gasteiger partial charge in [-0.3, -0.25) is 14.6 Å². The summed E-state index contributed by atoms with van der Waals surface area (Å²) in [5.74, 6) is 1.13. The van der Waals surface area contributed by atoms with E-state index in [1.807, 2.05) is 42.0 Å². The predicted molar refractivity (Wildman–Crippen MR) is 110 cm³/mol. The first-order valence-corrected chi connectivity index (χ1v) is 10.2. The molecule has 1 aliphatic carbocycles. The van der Waals surface area contributed by atoms with Crippen LogP contribution >= 0.6 is 0 Å². The number of likely N-dealkylation sites (tertiary alicyclic amines) is 1. The number of likely N-dealkylation sites (N-methyl/N-ethyl adjacent to an activating group) is 1. The number of pyridine rings is 2. The summed E-state index contributed by atoms with van der Waals surface area (Å²) >= 11 is 0. The zero-order valence-electron chi connectivity index (χ0n) is 17.0. The van der Waals surface area contributed by atoms with Crippen LogP contribution < -0.4 is 5.32 Å². The van der Waals surface area contributed by atoms with Crippen molar-refractivity contribution in [2.45, 2.75) is 38.8 Å². The van der Waals surface area contributed by atoms with Crippen molar-refractivity contribution in [2.24, 2.45) is 5.92 Å². The van der Waals surface area contributed by atoms with E-state index in [4.69, 9.17) is 0 Å². The van der Waals surface area contributed by atoms with E-state index in [0.29, 0.717) is 25.2 Å². The van der Waals surface area contributed by atoms with E-state index in [-0.39, 0.29) is 23.8 Å². The summed E-state index contributed by atoms with van der Waals surface area (Å²) in [4.78, 5) is 37.4. The van der Waals surface area contributed by atoms with Crippen molar-refractivity contribution in [1.29, 1.82) is 0 Å². The molecule has 1 N–H and O–H groups in total. The molecule has 7 nitrogen and oxygen atoms in total. The number of aromatic nitrogens is 2. The van der Waals surface area contributed by atoms with E-state index < -0.39 is 0 Å². The summed E-state index contributed by atoms with van der Waals surface area (Å²) in [6.45, 7) is 3.88. The molecule has 1 aliphatic heterocycles. The molecule has 3 heterocycles. The molecule has 7 heteroatoms. The van der Waals surface area contributed by atoms with Gasteiger partial charge in [0.15, 0.2) is 0 Å². The zero-order valence-corrected chi connectivity index (χ0v) is 17.0. The summed E-state index contributed by atoms with van der Waals surface area (Å²) < 4.78 is 0. The molecule has 2 aromatic heterocycles. The zero-order chi connectivity index (χ0) is 20.4. The molecular weight excluding hydrogens is 366 g/mol. The SMILES string of the molecule is Cc1ncccc1CNc1ccc(C(=O)N2CC[C@H](N(C)C(=O)C3CC3)C2)cn1.